The fraction of sp³-hybridized carbons (Fsp3) is 0.463. The molecule has 0 radical (unpaired) electrons. The third kappa shape index (κ3) is 8.48. The molecule has 0 atom stereocenters. The van der Waals surface area contributed by atoms with Crippen LogP contribution in [0.4, 0.5) is 17.1 Å². The van der Waals surface area contributed by atoms with Crippen molar-refractivity contribution in [1.29, 1.82) is 0 Å². The average Bonchev–Trinajstić information content (AvgIpc) is 3.83. The van der Waals surface area contributed by atoms with Gasteiger partial charge in [0.15, 0.2) is 0 Å². The molecule has 5 heteroatoms. The number of piperazine rings is 1. The monoisotopic (exact) mass is 619 g/mol. The van der Waals surface area contributed by atoms with Crippen LogP contribution >= 0.6 is 0 Å². The first-order valence-electron chi connectivity index (χ1n) is 17.8. The van der Waals surface area contributed by atoms with Crippen molar-refractivity contribution in [3.05, 3.63) is 107 Å². The van der Waals surface area contributed by atoms with E-state index in [-0.39, 0.29) is 0 Å². The van der Waals surface area contributed by atoms with E-state index in [2.05, 4.69) is 121 Å². The number of nitrogens with one attached hydrogen (secondary N) is 2. The molecule has 2 aliphatic heterocycles. The van der Waals surface area contributed by atoms with Crippen LogP contribution in [0.15, 0.2) is 90.3 Å². The van der Waals surface area contributed by atoms with Crippen molar-refractivity contribution in [2.45, 2.75) is 79.1 Å². The molecule has 1 aliphatic carbocycles. The number of likely N-dealkylation sites (tertiary alicyclic amines) is 1. The zero-order valence-electron chi connectivity index (χ0n) is 29.1. The maximum Gasteiger partial charge on any atom is 0.0629 e. The van der Waals surface area contributed by atoms with E-state index in [4.69, 9.17) is 0 Å². The molecular formula is C41H57N5. The van der Waals surface area contributed by atoms with E-state index in [0.717, 1.165) is 82.0 Å². The summed E-state index contributed by atoms with van der Waals surface area (Å²) in [5.74, 6) is 0. The Labute approximate surface area is 279 Å². The molecule has 2 N–H and O–H groups in total. The third-order valence-electron chi connectivity index (χ3n) is 9.77. The first-order chi connectivity index (χ1) is 22.4. The van der Waals surface area contributed by atoms with Crippen LogP contribution in [-0.2, 0) is 6.42 Å². The number of allylic oxidation sites excluding steroid dienone is 6. The van der Waals surface area contributed by atoms with Gasteiger partial charge in [0.05, 0.1) is 11.4 Å². The number of aryl methyl sites for hydroxylation is 2. The summed E-state index contributed by atoms with van der Waals surface area (Å²) in [5, 5.41) is 7.74. The summed E-state index contributed by atoms with van der Waals surface area (Å²) in [6, 6.07) is 13.7. The van der Waals surface area contributed by atoms with Gasteiger partial charge in [-0.3, -0.25) is 0 Å². The minimum Gasteiger partial charge on any atom is -0.385 e. The minimum atomic E-state index is 0.949. The molecule has 2 heterocycles. The van der Waals surface area contributed by atoms with Gasteiger partial charge in [0, 0.05) is 74.2 Å². The first kappa shape index (κ1) is 33.5. The van der Waals surface area contributed by atoms with E-state index in [1.807, 2.05) is 0 Å². The van der Waals surface area contributed by atoms with E-state index in [1.165, 1.54) is 71.6 Å². The molecule has 0 amide bonds. The lowest BCUT2D eigenvalue weighted by molar-refractivity contribution is 0.386. The van der Waals surface area contributed by atoms with Crippen LogP contribution in [0.1, 0.15) is 82.4 Å². The molecule has 46 heavy (non-hydrogen) atoms. The van der Waals surface area contributed by atoms with E-state index < -0.39 is 0 Å². The zero-order valence-corrected chi connectivity index (χ0v) is 29.1. The van der Waals surface area contributed by atoms with Crippen LogP contribution in [0.2, 0.25) is 0 Å². The van der Waals surface area contributed by atoms with Crippen LogP contribution in [0.25, 0.3) is 5.70 Å². The van der Waals surface area contributed by atoms with Gasteiger partial charge in [-0.15, -0.1) is 0 Å². The van der Waals surface area contributed by atoms with E-state index in [0.29, 0.717) is 0 Å². The zero-order chi connectivity index (χ0) is 32.5. The van der Waals surface area contributed by atoms with Crippen LogP contribution < -0.4 is 20.4 Å². The van der Waals surface area contributed by atoms with E-state index in [9.17, 15) is 0 Å². The molecular weight excluding hydrogens is 562 g/mol. The van der Waals surface area contributed by atoms with Crippen molar-refractivity contribution in [3.8, 4) is 0 Å². The Morgan fingerprint density at radius 3 is 2.35 bits per heavy atom. The molecule has 0 bridgehead atoms. The normalized spacial score (nSPS) is 16.9. The van der Waals surface area contributed by atoms with E-state index >= 15 is 0 Å². The molecule has 5 rings (SSSR count). The first-order valence-corrected chi connectivity index (χ1v) is 17.8. The van der Waals surface area contributed by atoms with Gasteiger partial charge >= 0.3 is 0 Å². The highest BCUT2D eigenvalue weighted by Crippen LogP contribution is 2.41. The second kappa shape index (κ2) is 16.1. The maximum atomic E-state index is 4.47. The Kier molecular flexibility index (Phi) is 11.7. The van der Waals surface area contributed by atoms with Crippen LogP contribution in [0.5, 0.6) is 0 Å². The molecule has 5 nitrogen and oxygen atoms in total. The van der Waals surface area contributed by atoms with Crippen molar-refractivity contribution < 1.29 is 0 Å². The van der Waals surface area contributed by atoms with Gasteiger partial charge in [0.25, 0.3) is 0 Å². The standard InChI is InChI=1S/C41H57N5/c1-7-9-15-31(3)34(6)43-38-30-37(41(35-20-21-35)42-22-14-24-44-23-13-17-33(44)5)36(18-10-8-2)29-40(38)46-27-25-45(26-28-46)39-19-12-11-16-32(39)4/h7,9,11-12,15-16,19,29-30,42-43H,5-6,8,10,13-14,17-18,20-28H2,1-4H3/b9-7-,31-15+. The number of para-hydroxylation sites is 1. The van der Waals surface area contributed by atoms with Crippen molar-refractivity contribution in [1.82, 2.24) is 10.2 Å². The number of hydrogen-bond donors (Lipinski definition) is 2. The SMILES string of the molecule is C=C(Nc1cc(C(NCCCN2CCCC2=C)=C2CC2)c(CCCC)cc1N1CCN(c2ccccc2C)CC1)/C(C)=C/C=C\C. The van der Waals surface area contributed by atoms with Crippen molar-refractivity contribution in [3.63, 3.8) is 0 Å². The molecule has 2 saturated heterocycles. The van der Waals surface area contributed by atoms with E-state index in [1.54, 1.807) is 5.57 Å². The second-order valence-corrected chi connectivity index (χ2v) is 13.3. The second-order valence-electron chi connectivity index (χ2n) is 13.3. The summed E-state index contributed by atoms with van der Waals surface area (Å²) in [6.45, 7) is 24.7. The molecule has 3 fully saturated rings. The quantitative estimate of drug-likeness (QED) is 0.153. The lowest BCUT2D eigenvalue weighted by Crippen LogP contribution is -2.47. The summed E-state index contributed by atoms with van der Waals surface area (Å²) in [7, 11) is 0. The third-order valence-corrected chi connectivity index (χ3v) is 9.77. The number of benzene rings is 2. The van der Waals surface area contributed by atoms with Crippen molar-refractivity contribution >= 4 is 22.8 Å². The minimum absolute atomic E-state index is 0.949. The van der Waals surface area contributed by atoms with Gasteiger partial charge in [0.1, 0.15) is 0 Å². The van der Waals surface area contributed by atoms with Gasteiger partial charge in [-0.2, -0.15) is 0 Å². The Hall–Kier alpha value is -3.86. The van der Waals surface area contributed by atoms with Gasteiger partial charge in [0.2, 0.25) is 0 Å². The number of unbranched alkanes of at least 4 members (excludes halogenated alkanes) is 1. The lowest BCUT2D eigenvalue weighted by Gasteiger charge is -2.39. The Bertz CT molecular complexity index is 1460. The van der Waals surface area contributed by atoms with Crippen LogP contribution in [-0.4, -0.2) is 50.7 Å². The van der Waals surface area contributed by atoms with Crippen LogP contribution in [0.3, 0.4) is 0 Å². The fourth-order valence-electron chi connectivity index (χ4n) is 6.78. The number of anilines is 3. The summed E-state index contributed by atoms with van der Waals surface area (Å²) < 4.78 is 0. The maximum absolute atomic E-state index is 4.47. The lowest BCUT2D eigenvalue weighted by atomic mass is 9.96. The predicted molar refractivity (Wildman–Crippen MR) is 201 cm³/mol. The topological polar surface area (TPSA) is 33.8 Å². The molecule has 2 aromatic rings. The summed E-state index contributed by atoms with van der Waals surface area (Å²) in [5.41, 5.74) is 14.4. The predicted octanol–water partition coefficient (Wildman–Crippen LogP) is 9.21. The molecule has 0 unspecified atom stereocenters. The number of rotatable bonds is 15. The molecule has 0 aromatic heterocycles. The molecule has 3 aliphatic rings. The molecule has 2 aromatic carbocycles. The van der Waals surface area contributed by atoms with Gasteiger partial charge < -0.3 is 25.3 Å². The summed E-state index contributed by atoms with van der Waals surface area (Å²) in [6.07, 6.45) is 15.7. The Morgan fingerprint density at radius 2 is 1.70 bits per heavy atom. The molecule has 246 valence electrons. The van der Waals surface area contributed by atoms with Gasteiger partial charge in [-0.05, 0) is 106 Å². The van der Waals surface area contributed by atoms with Crippen molar-refractivity contribution in [2.24, 2.45) is 0 Å². The summed E-state index contributed by atoms with van der Waals surface area (Å²) in [4.78, 5) is 7.61. The van der Waals surface area contributed by atoms with Gasteiger partial charge in [-0.25, -0.2) is 0 Å². The summed E-state index contributed by atoms with van der Waals surface area (Å²) >= 11 is 0. The highest BCUT2D eigenvalue weighted by Gasteiger charge is 2.26. The van der Waals surface area contributed by atoms with Gasteiger partial charge in [-0.1, -0.05) is 62.9 Å². The average molecular weight is 620 g/mol. The highest BCUT2D eigenvalue weighted by molar-refractivity contribution is 5.82. The molecule has 1 saturated carbocycles. The number of nitrogens with zero attached hydrogens (tertiary/aromatic N) is 3. The fourth-order valence-corrected chi connectivity index (χ4v) is 6.78. The number of hydrogen-bond acceptors (Lipinski definition) is 5. The van der Waals surface area contributed by atoms with Crippen LogP contribution in [0, 0.1) is 6.92 Å². The largest absolute Gasteiger partial charge is 0.385 e. The Balaban J connectivity index is 1.44. The molecule has 0 spiro atoms. The smallest absolute Gasteiger partial charge is 0.0629 e. The Morgan fingerprint density at radius 1 is 0.957 bits per heavy atom. The highest BCUT2D eigenvalue weighted by atomic mass is 15.3. The van der Waals surface area contributed by atoms with Crippen molar-refractivity contribution in [2.75, 3.05) is 60.9 Å².